The Bertz CT molecular complexity index is 1530. The van der Waals surface area contributed by atoms with Gasteiger partial charge in [0.25, 0.3) is 0 Å². The minimum absolute atomic E-state index is 0.502. The molecule has 0 amide bonds. The van der Waals surface area contributed by atoms with Gasteiger partial charge in [-0.2, -0.15) is 5.53 Å². The SMILES string of the molecule is c1ccc2c(CC3CN(Cc4cccc5ccccc45)NN(Cc4cccc5ccccc45)C3)cccc2c1. The summed E-state index contributed by atoms with van der Waals surface area (Å²) in [6.45, 7) is 3.72. The number of nitrogens with zero attached hydrogens (tertiary/aromatic N) is 2. The van der Waals surface area contributed by atoms with Gasteiger partial charge in [-0.3, -0.25) is 0 Å². The van der Waals surface area contributed by atoms with Crippen LogP contribution in [0.15, 0.2) is 127 Å². The van der Waals surface area contributed by atoms with Crippen molar-refractivity contribution in [2.75, 3.05) is 13.1 Å². The fourth-order valence-electron chi connectivity index (χ4n) is 6.35. The van der Waals surface area contributed by atoms with E-state index in [0.29, 0.717) is 5.92 Å². The third-order valence-corrected chi connectivity index (χ3v) is 8.11. The summed E-state index contributed by atoms with van der Waals surface area (Å²) in [5.41, 5.74) is 7.96. The number of hydrazine groups is 2. The van der Waals surface area contributed by atoms with Crippen molar-refractivity contribution in [3.8, 4) is 0 Å². The van der Waals surface area contributed by atoms with E-state index in [0.717, 1.165) is 32.6 Å². The van der Waals surface area contributed by atoms with E-state index < -0.39 is 0 Å². The molecule has 3 heteroatoms. The van der Waals surface area contributed by atoms with Crippen LogP contribution in [0.1, 0.15) is 16.7 Å². The molecule has 1 N–H and O–H groups in total. The highest BCUT2D eigenvalue weighted by molar-refractivity contribution is 5.87. The molecule has 0 spiro atoms. The molecule has 6 aromatic carbocycles. The first-order valence-electron chi connectivity index (χ1n) is 14.0. The number of hydrogen-bond acceptors (Lipinski definition) is 3. The molecule has 0 bridgehead atoms. The molecule has 0 atom stereocenters. The predicted molar refractivity (Wildman–Crippen MR) is 163 cm³/mol. The molecule has 0 unspecified atom stereocenters. The van der Waals surface area contributed by atoms with Crippen molar-refractivity contribution in [2.24, 2.45) is 5.92 Å². The van der Waals surface area contributed by atoms with Crippen LogP contribution in [0.25, 0.3) is 32.3 Å². The van der Waals surface area contributed by atoms with E-state index in [1.54, 1.807) is 0 Å². The summed E-state index contributed by atoms with van der Waals surface area (Å²) in [6, 6.07) is 46.3. The number of hydrogen-bond donors (Lipinski definition) is 1. The second-order valence-corrected chi connectivity index (χ2v) is 10.8. The van der Waals surface area contributed by atoms with Crippen LogP contribution in [0.3, 0.4) is 0 Å². The first-order chi connectivity index (χ1) is 19.3. The van der Waals surface area contributed by atoms with Crippen molar-refractivity contribution in [2.45, 2.75) is 19.5 Å². The topological polar surface area (TPSA) is 18.5 Å². The summed E-state index contributed by atoms with van der Waals surface area (Å²) in [5.74, 6) is 0.502. The Morgan fingerprint density at radius 3 is 1.33 bits per heavy atom. The van der Waals surface area contributed by atoms with Gasteiger partial charge in [0, 0.05) is 26.2 Å². The maximum atomic E-state index is 3.80. The normalized spacial score (nSPS) is 15.4. The predicted octanol–water partition coefficient (Wildman–Crippen LogP) is 7.74. The third-order valence-electron chi connectivity index (χ3n) is 8.11. The van der Waals surface area contributed by atoms with Gasteiger partial charge in [-0.25, -0.2) is 10.0 Å². The first kappa shape index (κ1) is 24.1. The molecule has 39 heavy (non-hydrogen) atoms. The molecule has 1 saturated heterocycles. The van der Waals surface area contributed by atoms with Gasteiger partial charge in [0.05, 0.1) is 0 Å². The highest BCUT2D eigenvalue weighted by atomic mass is 15.8. The summed E-state index contributed by atoms with van der Waals surface area (Å²) >= 11 is 0. The minimum Gasteiger partial charge on any atom is -0.226 e. The van der Waals surface area contributed by atoms with Crippen molar-refractivity contribution in [3.63, 3.8) is 0 Å². The molecule has 7 rings (SSSR count). The third kappa shape index (κ3) is 5.05. The molecule has 3 nitrogen and oxygen atoms in total. The zero-order valence-electron chi connectivity index (χ0n) is 22.1. The molecule has 192 valence electrons. The lowest BCUT2D eigenvalue weighted by atomic mass is 9.93. The molecule has 0 aromatic heterocycles. The Balaban J connectivity index is 1.20. The Morgan fingerprint density at radius 2 is 0.846 bits per heavy atom. The van der Waals surface area contributed by atoms with Crippen LogP contribution in [0.5, 0.6) is 0 Å². The summed E-state index contributed by atoms with van der Waals surface area (Å²) in [7, 11) is 0. The fourth-order valence-corrected chi connectivity index (χ4v) is 6.35. The number of benzene rings is 6. The molecule has 1 fully saturated rings. The van der Waals surface area contributed by atoms with E-state index in [1.807, 2.05) is 0 Å². The van der Waals surface area contributed by atoms with Crippen LogP contribution in [0, 0.1) is 5.92 Å². The molecule has 1 aliphatic heterocycles. The van der Waals surface area contributed by atoms with Crippen molar-refractivity contribution < 1.29 is 0 Å². The van der Waals surface area contributed by atoms with E-state index in [9.17, 15) is 0 Å². The maximum absolute atomic E-state index is 3.80. The zero-order valence-corrected chi connectivity index (χ0v) is 22.1. The van der Waals surface area contributed by atoms with Crippen LogP contribution in [-0.4, -0.2) is 23.1 Å². The van der Waals surface area contributed by atoms with Crippen LogP contribution >= 0.6 is 0 Å². The van der Waals surface area contributed by atoms with E-state index in [4.69, 9.17) is 0 Å². The largest absolute Gasteiger partial charge is 0.226 e. The zero-order chi connectivity index (χ0) is 26.0. The second kappa shape index (κ2) is 10.6. The summed E-state index contributed by atoms with van der Waals surface area (Å²) in [6.07, 6.45) is 1.06. The van der Waals surface area contributed by atoms with Crippen LogP contribution in [-0.2, 0) is 19.5 Å². The molecule has 0 saturated carbocycles. The monoisotopic (exact) mass is 507 g/mol. The average Bonchev–Trinajstić information content (AvgIpc) is 2.98. The second-order valence-electron chi connectivity index (χ2n) is 10.8. The highest BCUT2D eigenvalue weighted by Crippen LogP contribution is 2.27. The van der Waals surface area contributed by atoms with E-state index in [-0.39, 0.29) is 0 Å². The lowest BCUT2D eigenvalue weighted by Crippen LogP contribution is -2.58. The van der Waals surface area contributed by atoms with Gasteiger partial charge in [-0.15, -0.1) is 0 Å². The van der Waals surface area contributed by atoms with Crippen LogP contribution in [0.4, 0.5) is 0 Å². The van der Waals surface area contributed by atoms with Gasteiger partial charge in [-0.05, 0) is 61.3 Å². The van der Waals surface area contributed by atoms with Gasteiger partial charge in [0.2, 0.25) is 0 Å². The number of rotatable bonds is 6. The quantitative estimate of drug-likeness (QED) is 0.249. The van der Waals surface area contributed by atoms with Crippen LogP contribution < -0.4 is 5.53 Å². The minimum atomic E-state index is 0.502. The standard InChI is InChI=1S/C36H33N3/c1-4-19-34-28(10-1)13-7-16-31(34)22-27-23-38(25-32-17-8-14-29-11-2-5-20-35(29)32)37-39(24-27)26-33-18-9-15-30-12-3-6-21-36(30)33/h1-21,27,37H,22-26H2. The molecule has 0 radical (unpaired) electrons. The summed E-state index contributed by atoms with van der Waals surface area (Å²) in [4.78, 5) is 0. The Morgan fingerprint density at radius 1 is 0.462 bits per heavy atom. The highest BCUT2D eigenvalue weighted by Gasteiger charge is 2.27. The summed E-state index contributed by atoms with van der Waals surface area (Å²) in [5, 5.41) is 12.8. The Labute approximate surface area is 230 Å². The van der Waals surface area contributed by atoms with Crippen molar-refractivity contribution in [1.29, 1.82) is 0 Å². The molecule has 1 aliphatic rings. The van der Waals surface area contributed by atoms with E-state index in [1.165, 1.54) is 49.0 Å². The number of nitrogens with one attached hydrogen (secondary N) is 1. The average molecular weight is 508 g/mol. The lowest BCUT2D eigenvalue weighted by Gasteiger charge is -2.41. The van der Waals surface area contributed by atoms with Crippen molar-refractivity contribution in [1.82, 2.24) is 15.6 Å². The molecule has 1 heterocycles. The molecule has 0 aliphatic carbocycles. The van der Waals surface area contributed by atoms with Gasteiger partial charge >= 0.3 is 0 Å². The van der Waals surface area contributed by atoms with Gasteiger partial charge in [0.15, 0.2) is 0 Å². The molecular weight excluding hydrogens is 474 g/mol. The summed E-state index contributed by atoms with van der Waals surface area (Å²) < 4.78 is 0. The van der Waals surface area contributed by atoms with Crippen LogP contribution in [0.2, 0.25) is 0 Å². The van der Waals surface area contributed by atoms with E-state index >= 15 is 0 Å². The lowest BCUT2D eigenvalue weighted by molar-refractivity contribution is -0.0535. The van der Waals surface area contributed by atoms with Gasteiger partial charge in [0.1, 0.15) is 0 Å². The number of fused-ring (bicyclic) bond motifs is 3. The van der Waals surface area contributed by atoms with Gasteiger partial charge in [-0.1, -0.05) is 127 Å². The first-order valence-corrected chi connectivity index (χ1v) is 14.0. The smallest absolute Gasteiger partial charge is 0.0401 e. The van der Waals surface area contributed by atoms with Crippen molar-refractivity contribution in [3.05, 3.63) is 144 Å². The molecule has 6 aromatic rings. The van der Waals surface area contributed by atoms with Crippen molar-refractivity contribution >= 4 is 32.3 Å². The fraction of sp³-hybridized carbons (Fsp3) is 0.167. The van der Waals surface area contributed by atoms with Gasteiger partial charge < -0.3 is 0 Å². The Hall–Kier alpha value is -4.02. The maximum Gasteiger partial charge on any atom is 0.0401 e. The Kier molecular flexibility index (Phi) is 6.55. The van der Waals surface area contributed by atoms with E-state index in [2.05, 4.69) is 143 Å². The molecular formula is C36H33N3.